The van der Waals surface area contributed by atoms with E-state index in [1.165, 1.54) is 0 Å². The summed E-state index contributed by atoms with van der Waals surface area (Å²) in [5.74, 6) is -0.434. The van der Waals surface area contributed by atoms with Crippen molar-refractivity contribution in [3.8, 4) is 0 Å². The SMILES string of the molecule is Cc1ccc(C)c(CN2C(=O)[C@@](O)(CC(=O)c3cc(C(C)C)ccc3C)c3cc(Br)ccc32)c1. The predicted octanol–water partition coefficient (Wildman–Crippen LogP) is 6.51. The second kappa shape index (κ2) is 9.12. The number of aryl methyl sites for hydroxylation is 3. The minimum absolute atomic E-state index is 0.240. The monoisotopic (exact) mass is 519 g/mol. The molecule has 1 atom stereocenters. The first-order chi connectivity index (χ1) is 16.0. The van der Waals surface area contributed by atoms with E-state index in [1.807, 2.05) is 63.2 Å². The summed E-state index contributed by atoms with van der Waals surface area (Å²) in [5.41, 5.74) is 4.81. The molecule has 34 heavy (non-hydrogen) atoms. The van der Waals surface area contributed by atoms with Crippen molar-refractivity contribution in [2.45, 2.75) is 59.1 Å². The van der Waals surface area contributed by atoms with E-state index < -0.39 is 11.5 Å². The standard InChI is InChI=1S/C29H30BrNO3/c1-17(2)21-9-8-20(5)24(13-21)27(32)15-29(34)25-14-23(30)10-11-26(25)31(28(29)33)16-22-12-18(3)6-7-19(22)4/h6-14,17,34H,15-16H2,1-5H3/t29-/m1/s1. The molecule has 4 rings (SSSR count). The molecule has 0 aliphatic carbocycles. The summed E-state index contributed by atoms with van der Waals surface area (Å²) in [6, 6.07) is 17.4. The molecule has 0 spiro atoms. The molecule has 1 N–H and O–H groups in total. The molecule has 5 heteroatoms. The number of Topliss-reactive ketones (excluding diaryl/α,β-unsaturated/α-hetero) is 1. The van der Waals surface area contributed by atoms with E-state index in [0.29, 0.717) is 23.4 Å². The van der Waals surface area contributed by atoms with E-state index in [9.17, 15) is 14.7 Å². The lowest BCUT2D eigenvalue weighted by Crippen LogP contribution is -2.41. The molecule has 1 heterocycles. The Hall–Kier alpha value is -2.76. The smallest absolute Gasteiger partial charge is 0.264 e. The average Bonchev–Trinajstić information content (AvgIpc) is 2.97. The van der Waals surface area contributed by atoms with Crippen molar-refractivity contribution >= 4 is 33.3 Å². The van der Waals surface area contributed by atoms with Crippen LogP contribution in [0.1, 0.15) is 69.9 Å². The van der Waals surface area contributed by atoms with Crippen LogP contribution in [0.5, 0.6) is 0 Å². The number of fused-ring (bicyclic) bond motifs is 1. The highest BCUT2D eigenvalue weighted by Gasteiger charge is 2.51. The minimum Gasteiger partial charge on any atom is -0.375 e. The molecule has 4 nitrogen and oxygen atoms in total. The maximum atomic E-state index is 13.7. The van der Waals surface area contributed by atoms with Gasteiger partial charge in [-0.1, -0.05) is 65.7 Å². The quantitative estimate of drug-likeness (QED) is 0.378. The highest BCUT2D eigenvalue weighted by molar-refractivity contribution is 9.10. The lowest BCUT2D eigenvalue weighted by Gasteiger charge is -2.24. The van der Waals surface area contributed by atoms with Crippen molar-refractivity contribution < 1.29 is 14.7 Å². The van der Waals surface area contributed by atoms with Crippen LogP contribution in [-0.4, -0.2) is 16.8 Å². The summed E-state index contributed by atoms with van der Waals surface area (Å²) in [5, 5.41) is 11.8. The third-order valence-electron chi connectivity index (χ3n) is 6.77. The van der Waals surface area contributed by atoms with Crippen LogP contribution in [0.15, 0.2) is 59.1 Å². The maximum Gasteiger partial charge on any atom is 0.264 e. The number of hydrogen-bond donors (Lipinski definition) is 1. The molecule has 0 aromatic heterocycles. The van der Waals surface area contributed by atoms with Crippen LogP contribution in [-0.2, 0) is 16.9 Å². The van der Waals surface area contributed by atoms with Gasteiger partial charge in [0.1, 0.15) is 0 Å². The van der Waals surface area contributed by atoms with E-state index in [-0.39, 0.29) is 18.1 Å². The first kappa shape index (κ1) is 24.4. The van der Waals surface area contributed by atoms with Crippen molar-refractivity contribution in [2.24, 2.45) is 0 Å². The number of halogens is 1. The number of amides is 1. The number of nitrogens with zero attached hydrogens (tertiary/aromatic N) is 1. The van der Waals surface area contributed by atoms with Gasteiger partial charge >= 0.3 is 0 Å². The highest BCUT2D eigenvalue weighted by atomic mass is 79.9. The fraction of sp³-hybridized carbons (Fsp3) is 0.310. The minimum atomic E-state index is -1.92. The van der Waals surface area contributed by atoms with Gasteiger partial charge in [-0.2, -0.15) is 0 Å². The van der Waals surface area contributed by atoms with E-state index in [1.54, 1.807) is 11.0 Å². The van der Waals surface area contributed by atoms with Crippen LogP contribution in [0.25, 0.3) is 0 Å². The van der Waals surface area contributed by atoms with Crippen LogP contribution >= 0.6 is 15.9 Å². The fourth-order valence-corrected chi connectivity index (χ4v) is 4.98. The van der Waals surface area contributed by atoms with Crippen molar-refractivity contribution in [1.29, 1.82) is 0 Å². The molecule has 3 aromatic rings. The predicted molar refractivity (Wildman–Crippen MR) is 139 cm³/mol. The molecule has 1 amide bonds. The Labute approximate surface area is 209 Å². The van der Waals surface area contributed by atoms with Gasteiger partial charge in [0.25, 0.3) is 5.91 Å². The van der Waals surface area contributed by atoms with Crippen molar-refractivity contribution in [3.05, 3.63) is 98.0 Å². The van der Waals surface area contributed by atoms with E-state index in [4.69, 9.17) is 0 Å². The lowest BCUT2D eigenvalue weighted by molar-refractivity contribution is -0.136. The summed E-state index contributed by atoms with van der Waals surface area (Å²) in [6.07, 6.45) is -0.305. The van der Waals surface area contributed by atoms with Gasteiger partial charge in [0.15, 0.2) is 11.4 Å². The van der Waals surface area contributed by atoms with E-state index in [2.05, 4.69) is 35.8 Å². The fourth-order valence-electron chi connectivity index (χ4n) is 4.62. The van der Waals surface area contributed by atoms with Crippen molar-refractivity contribution in [2.75, 3.05) is 4.90 Å². The topological polar surface area (TPSA) is 57.6 Å². The normalized spacial score (nSPS) is 17.4. The van der Waals surface area contributed by atoms with E-state index >= 15 is 0 Å². The number of ketones is 1. The molecular weight excluding hydrogens is 490 g/mol. The van der Waals surface area contributed by atoms with E-state index in [0.717, 1.165) is 32.3 Å². The van der Waals surface area contributed by atoms with Gasteiger partial charge in [-0.25, -0.2) is 0 Å². The number of rotatable bonds is 6. The van der Waals surface area contributed by atoms with Crippen LogP contribution in [0.2, 0.25) is 0 Å². The van der Waals surface area contributed by atoms with Gasteiger partial charge < -0.3 is 10.0 Å². The number of aliphatic hydroxyl groups is 1. The van der Waals surface area contributed by atoms with Gasteiger partial charge in [0.2, 0.25) is 0 Å². The van der Waals surface area contributed by atoms with Gasteiger partial charge in [-0.15, -0.1) is 0 Å². The zero-order valence-electron chi connectivity index (χ0n) is 20.3. The molecule has 0 radical (unpaired) electrons. The zero-order valence-corrected chi connectivity index (χ0v) is 21.9. The number of hydrogen-bond acceptors (Lipinski definition) is 3. The third kappa shape index (κ3) is 4.35. The molecule has 0 unspecified atom stereocenters. The Kier molecular flexibility index (Phi) is 6.54. The summed E-state index contributed by atoms with van der Waals surface area (Å²) >= 11 is 3.47. The Morgan fingerprint density at radius 1 is 1.00 bits per heavy atom. The largest absolute Gasteiger partial charge is 0.375 e. The Morgan fingerprint density at radius 3 is 2.41 bits per heavy atom. The Bertz CT molecular complexity index is 1300. The molecule has 0 fully saturated rings. The van der Waals surface area contributed by atoms with Gasteiger partial charge in [-0.3, -0.25) is 9.59 Å². The van der Waals surface area contributed by atoms with Crippen molar-refractivity contribution in [3.63, 3.8) is 0 Å². The van der Waals surface area contributed by atoms with Crippen molar-refractivity contribution in [1.82, 2.24) is 0 Å². The first-order valence-electron chi connectivity index (χ1n) is 11.6. The molecule has 176 valence electrons. The van der Waals surface area contributed by atoms with Gasteiger partial charge in [-0.05, 0) is 73.2 Å². The molecule has 0 bridgehead atoms. The van der Waals surface area contributed by atoms with Gasteiger partial charge in [0.05, 0.1) is 18.7 Å². The number of benzene rings is 3. The highest BCUT2D eigenvalue weighted by Crippen LogP contribution is 2.45. The Morgan fingerprint density at radius 2 is 1.71 bits per heavy atom. The summed E-state index contributed by atoms with van der Waals surface area (Å²) < 4.78 is 0.747. The van der Waals surface area contributed by atoms with Crippen LogP contribution in [0.4, 0.5) is 5.69 Å². The zero-order chi connectivity index (χ0) is 24.8. The van der Waals surface area contributed by atoms with Gasteiger partial charge in [0, 0.05) is 15.6 Å². The third-order valence-corrected chi connectivity index (χ3v) is 7.27. The molecule has 1 aliphatic rings. The molecule has 0 saturated heterocycles. The lowest BCUT2D eigenvalue weighted by atomic mass is 9.86. The van der Waals surface area contributed by atoms with Crippen LogP contribution in [0, 0.1) is 20.8 Å². The molecular formula is C29H30BrNO3. The summed E-state index contributed by atoms with van der Waals surface area (Å²) in [6.45, 7) is 10.4. The first-order valence-corrected chi connectivity index (χ1v) is 12.3. The summed E-state index contributed by atoms with van der Waals surface area (Å²) in [4.78, 5) is 28.8. The van der Waals surface area contributed by atoms with Crippen LogP contribution < -0.4 is 4.90 Å². The number of carbonyl (C=O) groups excluding carboxylic acids is 2. The number of carbonyl (C=O) groups is 2. The second-order valence-corrected chi connectivity index (χ2v) is 10.6. The second-order valence-electron chi connectivity index (χ2n) is 9.67. The molecule has 0 saturated carbocycles. The Balaban J connectivity index is 1.74. The van der Waals surface area contributed by atoms with Crippen LogP contribution in [0.3, 0.4) is 0 Å². The summed E-state index contributed by atoms with van der Waals surface area (Å²) in [7, 11) is 0. The molecule has 1 aliphatic heterocycles. The maximum absolute atomic E-state index is 13.7. The molecule has 3 aromatic carbocycles. The number of anilines is 1. The average molecular weight is 520 g/mol.